The Morgan fingerprint density at radius 3 is 2.50 bits per heavy atom. The molecule has 0 bridgehead atoms. The molecule has 0 radical (unpaired) electrons. The molecule has 140 valence electrons. The van der Waals surface area contributed by atoms with Crippen LogP contribution >= 0.6 is 11.8 Å². The van der Waals surface area contributed by atoms with Crippen molar-refractivity contribution in [3.8, 4) is 11.5 Å². The smallest absolute Gasteiger partial charge is 0.221 e. The zero-order valence-corrected chi connectivity index (χ0v) is 16.7. The van der Waals surface area contributed by atoms with Crippen molar-refractivity contribution in [2.75, 3.05) is 12.9 Å². The lowest BCUT2D eigenvalue weighted by Crippen LogP contribution is -2.23. The molecular formula is C21H27NO3S. The molecule has 0 spiro atoms. The Morgan fingerprint density at radius 1 is 1.12 bits per heavy atom. The maximum Gasteiger partial charge on any atom is 0.221 e. The van der Waals surface area contributed by atoms with Crippen LogP contribution in [0.1, 0.15) is 31.4 Å². The van der Waals surface area contributed by atoms with E-state index in [2.05, 4.69) is 36.5 Å². The average Bonchev–Trinajstić information content (AvgIpc) is 2.62. The fourth-order valence-electron chi connectivity index (χ4n) is 2.36. The predicted octanol–water partition coefficient (Wildman–Crippen LogP) is 4.59. The zero-order valence-electron chi connectivity index (χ0n) is 15.9. The first-order valence-corrected chi connectivity index (χ1v) is 9.76. The van der Waals surface area contributed by atoms with Gasteiger partial charge in [-0.3, -0.25) is 4.79 Å². The van der Waals surface area contributed by atoms with Gasteiger partial charge in [-0.1, -0.05) is 23.8 Å². The highest BCUT2D eigenvalue weighted by Crippen LogP contribution is 2.29. The van der Waals surface area contributed by atoms with Gasteiger partial charge in [-0.25, -0.2) is 0 Å². The number of hydrogen-bond donors (Lipinski definition) is 1. The largest absolute Gasteiger partial charge is 0.493 e. The maximum atomic E-state index is 12.0. The quantitative estimate of drug-likeness (QED) is 0.653. The molecule has 2 aromatic rings. The van der Waals surface area contributed by atoms with E-state index in [4.69, 9.17) is 9.47 Å². The Hall–Kier alpha value is -2.14. The Labute approximate surface area is 160 Å². The topological polar surface area (TPSA) is 47.6 Å². The second kappa shape index (κ2) is 10.1. The molecule has 0 aliphatic heterocycles. The first kappa shape index (κ1) is 20.2. The van der Waals surface area contributed by atoms with Crippen molar-refractivity contribution in [3.63, 3.8) is 0 Å². The van der Waals surface area contributed by atoms with Crippen LogP contribution in [0.2, 0.25) is 0 Å². The van der Waals surface area contributed by atoms with Gasteiger partial charge in [-0.2, -0.15) is 0 Å². The van der Waals surface area contributed by atoms with Crippen molar-refractivity contribution in [1.29, 1.82) is 0 Å². The first-order valence-electron chi connectivity index (χ1n) is 8.77. The first-order chi connectivity index (χ1) is 12.5. The number of thioether (sulfide) groups is 1. The summed E-state index contributed by atoms with van der Waals surface area (Å²) in [6.45, 7) is 6.50. The molecule has 0 saturated carbocycles. The van der Waals surface area contributed by atoms with Crippen molar-refractivity contribution < 1.29 is 14.3 Å². The summed E-state index contributed by atoms with van der Waals surface area (Å²) in [5, 5.41) is 2.96. The highest BCUT2D eigenvalue weighted by Gasteiger charge is 2.08. The Kier molecular flexibility index (Phi) is 7.85. The second-order valence-corrected chi connectivity index (χ2v) is 7.51. The van der Waals surface area contributed by atoms with E-state index in [1.165, 1.54) is 10.5 Å². The lowest BCUT2D eigenvalue weighted by Gasteiger charge is -2.14. The van der Waals surface area contributed by atoms with Crippen LogP contribution < -0.4 is 14.8 Å². The number of nitrogens with one attached hydrogen (secondary N) is 1. The third-order valence-corrected chi connectivity index (χ3v) is 4.71. The van der Waals surface area contributed by atoms with Crippen LogP contribution in [0.5, 0.6) is 11.5 Å². The van der Waals surface area contributed by atoms with Crippen molar-refractivity contribution >= 4 is 17.7 Å². The minimum absolute atomic E-state index is 0.0473. The Bertz CT molecular complexity index is 714. The monoisotopic (exact) mass is 373 g/mol. The van der Waals surface area contributed by atoms with Crippen molar-refractivity contribution in [2.24, 2.45) is 0 Å². The number of carbonyl (C=O) groups excluding carboxylic acids is 1. The van der Waals surface area contributed by atoms with E-state index >= 15 is 0 Å². The van der Waals surface area contributed by atoms with E-state index < -0.39 is 0 Å². The van der Waals surface area contributed by atoms with Gasteiger partial charge in [0, 0.05) is 23.6 Å². The Balaban J connectivity index is 1.78. The van der Waals surface area contributed by atoms with Gasteiger partial charge in [0.25, 0.3) is 0 Å². The number of aryl methyl sites for hydroxylation is 1. The van der Waals surface area contributed by atoms with Crippen molar-refractivity contribution in [1.82, 2.24) is 5.32 Å². The molecule has 26 heavy (non-hydrogen) atoms. The van der Waals surface area contributed by atoms with Crippen LogP contribution in [0.4, 0.5) is 0 Å². The number of methoxy groups -OCH3 is 1. The maximum absolute atomic E-state index is 12.0. The van der Waals surface area contributed by atoms with E-state index in [-0.39, 0.29) is 12.0 Å². The van der Waals surface area contributed by atoms with Gasteiger partial charge >= 0.3 is 0 Å². The summed E-state index contributed by atoms with van der Waals surface area (Å²) in [5.41, 5.74) is 2.23. The van der Waals surface area contributed by atoms with Crippen LogP contribution in [0.3, 0.4) is 0 Å². The fourth-order valence-corrected chi connectivity index (χ4v) is 3.21. The fraction of sp³-hybridized carbons (Fsp3) is 0.381. The summed E-state index contributed by atoms with van der Waals surface area (Å²) in [6, 6.07) is 14.1. The third kappa shape index (κ3) is 6.64. The molecule has 1 amide bonds. The number of amides is 1. The molecule has 1 N–H and O–H groups in total. The van der Waals surface area contributed by atoms with E-state index in [1.807, 2.05) is 32.0 Å². The molecular weight excluding hydrogens is 346 g/mol. The Morgan fingerprint density at radius 2 is 1.85 bits per heavy atom. The highest BCUT2D eigenvalue weighted by atomic mass is 32.2. The summed E-state index contributed by atoms with van der Waals surface area (Å²) in [7, 11) is 1.62. The average molecular weight is 374 g/mol. The normalized spacial score (nSPS) is 10.7. The lowest BCUT2D eigenvalue weighted by atomic mass is 10.2. The van der Waals surface area contributed by atoms with E-state index in [0.717, 1.165) is 11.3 Å². The standard InChI is InChI=1S/C21H27NO3S/c1-15(2)25-19-10-7-17(13-20(19)24-4)14-22-21(23)11-12-26-18-8-5-16(3)6-9-18/h5-10,13,15H,11-12,14H2,1-4H3,(H,22,23). The van der Waals surface area contributed by atoms with Crippen LogP contribution in [-0.2, 0) is 11.3 Å². The summed E-state index contributed by atoms with van der Waals surface area (Å²) in [6.07, 6.45) is 0.574. The lowest BCUT2D eigenvalue weighted by molar-refractivity contribution is -0.120. The van der Waals surface area contributed by atoms with Gasteiger partial charge < -0.3 is 14.8 Å². The van der Waals surface area contributed by atoms with Gasteiger partial charge in [0.2, 0.25) is 5.91 Å². The minimum Gasteiger partial charge on any atom is -0.493 e. The van der Waals surface area contributed by atoms with Crippen LogP contribution in [0, 0.1) is 6.92 Å². The molecule has 2 rings (SSSR count). The van der Waals surface area contributed by atoms with Crippen molar-refractivity contribution in [3.05, 3.63) is 53.6 Å². The van der Waals surface area contributed by atoms with E-state index in [9.17, 15) is 4.79 Å². The molecule has 0 fully saturated rings. The van der Waals surface area contributed by atoms with Gasteiger partial charge in [-0.05, 0) is 50.6 Å². The second-order valence-electron chi connectivity index (χ2n) is 6.34. The van der Waals surface area contributed by atoms with Crippen molar-refractivity contribution in [2.45, 2.75) is 44.7 Å². The number of carbonyl (C=O) groups is 1. The molecule has 0 atom stereocenters. The van der Waals surface area contributed by atoms with E-state index in [1.54, 1.807) is 18.9 Å². The number of benzene rings is 2. The van der Waals surface area contributed by atoms with Crippen LogP contribution in [0.15, 0.2) is 47.4 Å². The summed E-state index contributed by atoms with van der Waals surface area (Å²) >= 11 is 1.70. The molecule has 0 aliphatic rings. The molecule has 4 nitrogen and oxygen atoms in total. The van der Waals surface area contributed by atoms with E-state index in [0.29, 0.717) is 24.5 Å². The summed E-state index contributed by atoms with van der Waals surface area (Å²) in [4.78, 5) is 13.2. The summed E-state index contributed by atoms with van der Waals surface area (Å²) in [5.74, 6) is 2.21. The molecule has 0 aliphatic carbocycles. The third-order valence-electron chi connectivity index (χ3n) is 3.70. The minimum atomic E-state index is 0.0473. The van der Waals surface area contributed by atoms with Gasteiger partial charge in [-0.15, -0.1) is 11.8 Å². The van der Waals surface area contributed by atoms with Gasteiger partial charge in [0.05, 0.1) is 13.2 Å². The predicted molar refractivity (Wildman–Crippen MR) is 107 cm³/mol. The number of hydrogen-bond acceptors (Lipinski definition) is 4. The van der Waals surface area contributed by atoms with Crippen LogP contribution in [0.25, 0.3) is 0 Å². The van der Waals surface area contributed by atoms with Crippen LogP contribution in [-0.4, -0.2) is 24.9 Å². The summed E-state index contributed by atoms with van der Waals surface area (Å²) < 4.78 is 11.1. The molecule has 0 saturated heterocycles. The SMILES string of the molecule is COc1cc(CNC(=O)CCSc2ccc(C)cc2)ccc1OC(C)C. The zero-order chi connectivity index (χ0) is 18.9. The number of ether oxygens (including phenoxy) is 2. The molecule has 0 unspecified atom stereocenters. The number of rotatable bonds is 9. The molecule has 0 heterocycles. The highest BCUT2D eigenvalue weighted by molar-refractivity contribution is 7.99. The molecule has 2 aromatic carbocycles. The molecule has 0 aromatic heterocycles. The van der Waals surface area contributed by atoms with Gasteiger partial charge in [0.15, 0.2) is 11.5 Å². The molecule has 5 heteroatoms. The van der Waals surface area contributed by atoms with Gasteiger partial charge in [0.1, 0.15) is 0 Å².